The van der Waals surface area contributed by atoms with E-state index in [4.69, 9.17) is 4.74 Å². The van der Waals surface area contributed by atoms with Crippen LogP contribution in [0.15, 0.2) is 67.3 Å². The Morgan fingerprint density at radius 2 is 2.00 bits per heavy atom. The Morgan fingerprint density at radius 1 is 1.11 bits per heavy atom. The summed E-state index contributed by atoms with van der Waals surface area (Å²) in [6.07, 6.45) is 7.35. The molecule has 0 saturated carbocycles. The monoisotopic (exact) mass is 376 g/mol. The van der Waals surface area contributed by atoms with Gasteiger partial charge >= 0.3 is 0 Å². The van der Waals surface area contributed by atoms with Crippen molar-refractivity contribution in [3.8, 4) is 22.8 Å². The first kappa shape index (κ1) is 18.0. The number of nitrogens with zero attached hydrogens (tertiary/aromatic N) is 4. The normalized spacial score (nSPS) is 11.0. The van der Waals surface area contributed by atoms with Crippen molar-refractivity contribution in [3.63, 3.8) is 0 Å². The maximum absolute atomic E-state index is 14.7. The lowest BCUT2D eigenvalue weighted by atomic mass is 10.1. The minimum atomic E-state index is -0.294. The minimum Gasteiger partial charge on any atom is -0.493 e. The highest BCUT2D eigenvalue weighted by Crippen LogP contribution is 2.34. The zero-order chi connectivity index (χ0) is 19.5. The van der Waals surface area contributed by atoms with Gasteiger partial charge in [0.05, 0.1) is 17.9 Å². The van der Waals surface area contributed by atoms with Crippen LogP contribution in [0.3, 0.4) is 0 Å². The number of hydrogen-bond acceptors (Lipinski definition) is 3. The summed E-state index contributed by atoms with van der Waals surface area (Å²) in [5, 5.41) is 4.23. The summed E-state index contributed by atoms with van der Waals surface area (Å²) in [6, 6.07) is 12.7. The van der Waals surface area contributed by atoms with Gasteiger partial charge in [0.25, 0.3) is 0 Å². The predicted molar refractivity (Wildman–Crippen MR) is 106 cm³/mol. The van der Waals surface area contributed by atoms with Crippen LogP contribution in [0.5, 0.6) is 5.75 Å². The third kappa shape index (κ3) is 3.53. The smallest absolute Gasteiger partial charge is 0.153 e. The topological polar surface area (TPSA) is 44.9 Å². The number of ether oxygens (including phenoxy) is 1. The summed E-state index contributed by atoms with van der Waals surface area (Å²) in [5.41, 5.74) is 3.38. The fourth-order valence-electron chi connectivity index (χ4n) is 3.31. The van der Waals surface area contributed by atoms with E-state index in [9.17, 15) is 4.39 Å². The van der Waals surface area contributed by atoms with E-state index in [-0.39, 0.29) is 5.82 Å². The van der Waals surface area contributed by atoms with E-state index in [0.29, 0.717) is 24.5 Å². The molecule has 4 aromatic rings. The number of halogens is 1. The highest BCUT2D eigenvalue weighted by molar-refractivity contribution is 5.69. The van der Waals surface area contributed by atoms with E-state index in [0.717, 1.165) is 22.6 Å². The Hall–Kier alpha value is -3.41. The molecule has 3 heterocycles. The zero-order valence-electron chi connectivity index (χ0n) is 15.8. The van der Waals surface area contributed by atoms with Crippen LogP contribution in [-0.2, 0) is 6.54 Å². The van der Waals surface area contributed by atoms with Gasteiger partial charge in [0, 0.05) is 31.3 Å². The van der Waals surface area contributed by atoms with Gasteiger partial charge in [-0.3, -0.25) is 0 Å². The molecule has 3 aromatic heterocycles. The van der Waals surface area contributed by atoms with Gasteiger partial charge in [-0.15, -0.1) is 0 Å². The zero-order valence-corrected chi connectivity index (χ0v) is 15.8. The van der Waals surface area contributed by atoms with E-state index < -0.39 is 0 Å². The van der Waals surface area contributed by atoms with Crippen LogP contribution in [0.1, 0.15) is 18.1 Å². The third-order valence-electron chi connectivity index (χ3n) is 4.47. The molecule has 5 nitrogen and oxygen atoms in total. The van der Waals surface area contributed by atoms with Crippen LogP contribution in [0, 0.1) is 12.7 Å². The Bertz CT molecular complexity index is 1090. The lowest BCUT2D eigenvalue weighted by Gasteiger charge is -2.14. The molecule has 0 amide bonds. The fraction of sp³-hybridized carbons (Fsp3) is 0.182. The molecule has 0 saturated heterocycles. The van der Waals surface area contributed by atoms with Gasteiger partial charge in [-0.05, 0) is 61.4 Å². The summed E-state index contributed by atoms with van der Waals surface area (Å²) in [5.74, 6) is 1.000. The van der Waals surface area contributed by atoms with Crippen molar-refractivity contribution < 1.29 is 9.13 Å². The first-order chi connectivity index (χ1) is 13.7. The predicted octanol–water partition coefficient (Wildman–Crippen LogP) is 4.63. The second-order valence-corrected chi connectivity index (χ2v) is 6.55. The van der Waals surface area contributed by atoms with Gasteiger partial charge in [-0.25, -0.2) is 14.1 Å². The molecule has 28 heavy (non-hydrogen) atoms. The first-order valence-electron chi connectivity index (χ1n) is 9.19. The average molecular weight is 376 g/mol. The number of benzene rings is 1. The molecule has 4 rings (SSSR count). The number of pyridine rings is 1. The second kappa shape index (κ2) is 7.68. The average Bonchev–Trinajstić information content (AvgIpc) is 3.33. The molecular formula is C22H21FN4O. The molecule has 142 valence electrons. The molecule has 0 radical (unpaired) electrons. The van der Waals surface area contributed by atoms with Crippen LogP contribution in [-0.4, -0.2) is 25.9 Å². The van der Waals surface area contributed by atoms with Gasteiger partial charge in [-0.1, -0.05) is 6.07 Å². The number of hydrogen-bond donors (Lipinski definition) is 0. The van der Waals surface area contributed by atoms with Crippen molar-refractivity contribution in [2.75, 3.05) is 6.61 Å². The van der Waals surface area contributed by atoms with Crippen molar-refractivity contribution >= 4 is 0 Å². The van der Waals surface area contributed by atoms with Crippen molar-refractivity contribution in [3.05, 3.63) is 84.2 Å². The Kier molecular flexibility index (Phi) is 4.93. The summed E-state index contributed by atoms with van der Waals surface area (Å²) in [4.78, 5) is 4.37. The number of aromatic nitrogens is 4. The molecule has 0 spiro atoms. The van der Waals surface area contributed by atoms with Crippen molar-refractivity contribution in [1.29, 1.82) is 0 Å². The maximum Gasteiger partial charge on any atom is 0.153 e. The van der Waals surface area contributed by atoms with Crippen molar-refractivity contribution in [2.24, 2.45) is 0 Å². The SMILES string of the molecule is CCOc1cccc(F)c1-c1cc(C)cn1Cc1ccnc(-n2cccn2)c1. The van der Waals surface area contributed by atoms with Gasteiger partial charge in [0.15, 0.2) is 5.82 Å². The molecule has 0 aliphatic carbocycles. The van der Waals surface area contributed by atoms with Gasteiger partial charge < -0.3 is 9.30 Å². The van der Waals surface area contributed by atoms with Crippen LogP contribution in [0.25, 0.3) is 17.1 Å². The molecule has 0 bridgehead atoms. The summed E-state index contributed by atoms with van der Waals surface area (Å²) in [6.45, 7) is 4.96. The lowest BCUT2D eigenvalue weighted by molar-refractivity contribution is 0.339. The van der Waals surface area contributed by atoms with Crippen LogP contribution < -0.4 is 4.74 Å². The number of aryl methyl sites for hydroxylation is 1. The molecule has 0 aliphatic rings. The maximum atomic E-state index is 14.7. The quantitative estimate of drug-likeness (QED) is 0.493. The lowest BCUT2D eigenvalue weighted by Crippen LogP contribution is -2.05. The van der Waals surface area contributed by atoms with Crippen LogP contribution in [0.2, 0.25) is 0 Å². The van der Waals surface area contributed by atoms with E-state index in [2.05, 4.69) is 10.1 Å². The van der Waals surface area contributed by atoms with E-state index in [1.54, 1.807) is 29.2 Å². The van der Waals surface area contributed by atoms with E-state index >= 15 is 0 Å². The molecular weight excluding hydrogens is 355 g/mol. The molecule has 0 fully saturated rings. The largest absolute Gasteiger partial charge is 0.493 e. The van der Waals surface area contributed by atoms with Crippen LogP contribution in [0.4, 0.5) is 4.39 Å². The summed E-state index contributed by atoms with van der Waals surface area (Å²) < 4.78 is 24.2. The molecule has 0 atom stereocenters. The molecule has 0 aliphatic heterocycles. The first-order valence-corrected chi connectivity index (χ1v) is 9.19. The summed E-state index contributed by atoms with van der Waals surface area (Å²) in [7, 11) is 0. The Morgan fingerprint density at radius 3 is 2.79 bits per heavy atom. The van der Waals surface area contributed by atoms with Crippen molar-refractivity contribution in [1.82, 2.24) is 19.3 Å². The van der Waals surface area contributed by atoms with Gasteiger partial charge in [-0.2, -0.15) is 5.10 Å². The summed E-state index contributed by atoms with van der Waals surface area (Å²) >= 11 is 0. The standard InChI is InChI=1S/C22H21FN4O/c1-3-28-20-7-4-6-18(23)22(20)19-12-16(2)14-26(19)15-17-8-10-24-21(13-17)27-11-5-9-25-27/h4-14H,3,15H2,1-2H3. The van der Waals surface area contributed by atoms with E-state index in [1.807, 2.05) is 55.1 Å². The van der Waals surface area contributed by atoms with Gasteiger partial charge in [0.2, 0.25) is 0 Å². The third-order valence-corrected chi connectivity index (χ3v) is 4.47. The minimum absolute atomic E-state index is 0.294. The molecule has 1 aromatic carbocycles. The van der Waals surface area contributed by atoms with Crippen molar-refractivity contribution in [2.45, 2.75) is 20.4 Å². The Labute approximate surface area is 163 Å². The van der Waals surface area contributed by atoms with Gasteiger partial charge in [0.1, 0.15) is 11.6 Å². The van der Waals surface area contributed by atoms with Crippen LogP contribution >= 0.6 is 0 Å². The molecule has 6 heteroatoms. The highest BCUT2D eigenvalue weighted by atomic mass is 19.1. The Balaban J connectivity index is 1.73. The van der Waals surface area contributed by atoms with E-state index in [1.165, 1.54) is 6.07 Å². The fourth-order valence-corrected chi connectivity index (χ4v) is 3.31. The second-order valence-electron chi connectivity index (χ2n) is 6.55. The highest BCUT2D eigenvalue weighted by Gasteiger charge is 2.17. The molecule has 0 N–H and O–H groups in total. The molecule has 0 unspecified atom stereocenters. The number of rotatable bonds is 6.